The summed E-state index contributed by atoms with van der Waals surface area (Å²) in [6, 6.07) is 18.7. The van der Waals surface area contributed by atoms with Gasteiger partial charge in [0.25, 0.3) is 11.8 Å². The summed E-state index contributed by atoms with van der Waals surface area (Å²) in [6.45, 7) is 8.19. The smallest absolute Gasteiger partial charge is 0.303 e. The van der Waals surface area contributed by atoms with Gasteiger partial charge in [0.1, 0.15) is 23.9 Å². The number of rotatable bonds is 41. The van der Waals surface area contributed by atoms with Gasteiger partial charge in [-0.15, -0.1) is 5.10 Å². The van der Waals surface area contributed by atoms with Crippen LogP contribution in [0.2, 0.25) is 0 Å². The van der Waals surface area contributed by atoms with Crippen LogP contribution in [0.4, 0.5) is 4.39 Å². The van der Waals surface area contributed by atoms with E-state index in [4.69, 9.17) is 20.9 Å². The first-order valence-corrected chi connectivity index (χ1v) is 28.9. The van der Waals surface area contributed by atoms with Crippen molar-refractivity contribution in [2.75, 3.05) is 66.5 Å². The number of ether oxygens (including phenoxy) is 2. The number of carboxylic acids is 1. The first kappa shape index (κ1) is 62.9. The van der Waals surface area contributed by atoms with Crippen LogP contribution < -0.4 is 36.9 Å². The van der Waals surface area contributed by atoms with E-state index in [9.17, 15) is 24.3 Å². The molecule has 0 saturated heterocycles. The Morgan fingerprint density at radius 2 is 1.40 bits per heavy atom. The number of aromatic nitrogens is 3. The van der Waals surface area contributed by atoms with Crippen molar-refractivity contribution in [1.82, 2.24) is 30.9 Å². The fourth-order valence-electron chi connectivity index (χ4n) is 10.5. The third kappa shape index (κ3) is 23.6. The van der Waals surface area contributed by atoms with Crippen molar-refractivity contribution in [3.05, 3.63) is 95.1 Å². The van der Waals surface area contributed by atoms with Gasteiger partial charge in [0.2, 0.25) is 5.91 Å². The molecule has 1 aliphatic rings. The van der Waals surface area contributed by atoms with Crippen LogP contribution in [0, 0.1) is 17.2 Å². The van der Waals surface area contributed by atoms with Gasteiger partial charge in [-0.1, -0.05) is 120 Å². The highest BCUT2D eigenvalue weighted by atomic mass is 19.1. The number of hydrogen-bond donors (Lipinski definition) is 6. The van der Waals surface area contributed by atoms with Gasteiger partial charge < -0.3 is 46.5 Å². The summed E-state index contributed by atoms with van der Waals surface area (Å²) in [7, 11) is 3.46. The number of nitrogens with two attached hydrogens (primary N) is 2. The van der Waals surface area contributed by atoms with E-state index in [0.29, 0.717) is 94.7 Å². The predicted octanol–water partition coefficient (Wildman–Crippen LogP) is 9.02. The number of methoxy groups -OCH3 is 1. The number of quaternary nitrogens is 1. The normalized spacial score (nSPS) is 13.0. The van der Waals surface area contributed by atoms with E-state index in [2.05, 4.69) is 52.4 Å². The van der Waals surface area contributed by atoms with Crippen molar-refractivity contribution < 1.29 is 42.6 Å². The largest absolute Gasteiger partial charge is 0.497 e. The lowest BCUT2D eigenvalue weighted by atomic mass is 9.82. The Morgan fingerprint density at radius 3 is 2.01 bits per heavy atom. The second-order valence-electron chi connectivity index (χ2n) is 22.7. The minimum Gasteiger partial charge on any atom is -0.497 e. The number of benzene rings is 3. The van der Waals surface area contributed by atoms with Gasteiger partial charge in [0.05, 0.1) is 32.8 Å². The lowest BCUT2D eigenvalue weighted by Crippen LogP contribution is -2.56. The molecule has 1 fully saturated rings. The number of aliphatic carboxylic acids is 1. The molecule has 430 valence electrons. The van der Waals surface area contributed by atoms with Crippen LogP contribution in [0.5, 0.6) is 11.5 Å². The number of likely N-dealkylation sites (N-methyl/N-ethyl adjacent to an activating group) is 1. The number of unbranched alkanes of at least 4 members (excludes halogenated alkanes) is 12. The molecule has 1 aromatic heterocycles. The number of hydrogen-bond acceptors (Lipinski definition) is 10. The molecule has 4 aromatic rings. The Morgan fingerprint density at radius 1 is 0.769 bits per heavy atom. The lowest BCUT2D eigenvalue weighted by molar-refractivity contribution is -0.894. The van der Waals surface area contributed by atoms with Crippen molar-refractivity contribution in [3.8, 4) is 22.6 Å². The molecule has 17 heteroatoms. The average Bonchev–Trinajstić information content (AvgIpc) is 4.21. The molecule has 1 heterocycles. The van der Waals surface area contributed by atoms with E-state index < -0.39 is 5.97 Å². The van der Waals surface area contributed by atoms with Gasteiger partial charge in [0, 0.05) is 63.9 Å². The van der Waals surface area contributed by atoms with E-state index >= 15 is 4.39 Å². The van der Waals surface area contributed by atoms with Crippen molar-refractivity contribution in [1.29, 1.82) is 0 Å². The van der Waals surface area contributed by atoms with Gasteiger partial charge in [-0.3, -0.25) is 23.9 Å². The van der Waals surface area contributed by atoms with Gasteiger partial charge >= 0.3 is 5.97 Å². The molecule has 0 aliphatic heterocycles. The number of carbonyl (C=O) groups is 4. The summed E-state index contributed by atoms with van der Waals surface area (Å²) >= 11 is 0. The fraction of sp³-hybridized carbons (Fsp3) is 0.607. The Labute approximate surface area is 463 Å². The molecule has 0 radical (unpaired) electrons. The van der Waals surface area contributed by atoms with Crippen molar-refractivity contribution in [2.24, 2.45) is 22.8 Å². The van der Waals surface area contributed by atoms with Crippen molar-refractivity contribution in [2.45, 2.75) is 161 Å². The van der Waals surface area contributed by atoms with Crippen LogP contribution in [0.3, 0.4) is 0 Å². The monoisotopic (exact) mass is 1080 g/mol. The molecular weight excluding hydrogens is 990 g/mol. The van der Waals surface area contributed by atoms with E-state index in [1.807, 2.05) is 48.1 Å². The molecule has 1 saturated carbocycles. The maximum Gasteiger partial charge on any atom is 0.303 e. The van der Waals surface area contributed by atoms with Crippen LogP contribution in [-0.4, -0.2) is 115 Å². The number of aryl methyl sites for hydroxylation is 1. The highest BCUT2D eigenvalue weighted by molar-refractivity contribution is 5.79. The maximum absolute atomic E-state index is 15.5. The molecule has 1 atom stereocenters. The van der Waals surface area contributed by atoms with Crippen molar-refractivity contribution in [3.63, 3.8) is 0 Å². The van der Waals surface area contributed by atoms with E-state index in [-0.39, 0.29) is 58.9 Å². The summed E-state index contributed by atoms with van der Waals surface area (Å²) in [5, 5.41) is 27.2. The third-order valence-electron chi connectivity index (χ3n) is 14.8. The molecule has 1 aliphatic carbocycles. The Balaban J connectivity index is 0.944. The van der Waals surface area contributed by atoms with Crippen molar-refractivity contribution >= 4 is 23.7 Å². The summed E-state index contributed by atoms with van der Waals surface area (Å²) < 4.78 is 29.5. The first-order chi connectivity index (χ1) is 37.6. The standard InChI is InChI=1S/C61H92FN9O7/c1-61(2,40-49-36-46(24-28-53(49)55-38-51(77-4)27-29-56(55)62)44-78-52-22-18-20-48(37-52)54(39-60(75)76)47-25-26-47)45-70-41-50(68-69-70)21-16-14-12-10-8-6-5-7-9-11-13-15-17-23-57(72)65-32-19-35-71(3,42-58(73)66-33-30-63)43-59(74)67-34-31-64/h18,20,22,24,27-29,36-38,41,47,54H,5-17,19,21,23,25-26,30-35,39-40,42-45,63-64H2,1-4H3,(H3-,65,66,67,72,73,74,75,76)/p+1/t54-/m0/s1. The molecule has 0 spiro atoms. The quantitative estimate of drug-likeness (QED) is 0.0182. The number of carbonyl (C=O) groups excluding carboxylic acids is 3. The number of nitrogens with zero attached hydrogens (tertiary/aromatic N) is 4. The fourth-order valence-corrected chi connectivity index (χ4v) is 10.5. The first-order valence-electron chi connectivity index (χ1n) is 28.9. The highest BCUT2D eigenvalue weighted by Gasteiger charge is 2.34. The van der Waals surface area contributed by atoms with Crippen LogP contribution in [0.25, 0.3) is 11.1 Å². The number of halogens is 1. The molecule has 3 aromatic carbocycles. The topological polar surface area (TPSA) is 226 Å². The molecule has 0 unspecified atom stereocenters. The SMILES string of the molecule is COc1ccc(F)c(-c2ccc(COc3cccc([C@@H](CC(=O)O)C4CC4)c3)cc2CC(C)(C)Cn2cc(CCCCCCCCCCCCCCCC(=O)NCCC[N+](C)(CC(=O)NCCN)CC(=O)NCCN)nn2)c1. The average molecular weight is 1080 g/mol. The zero-order valence-corrected chi connectivity index (χ0v) is 47.4. The Bertz CT molecular complexity index is 2440. The van der Waals surface area contributed by atoms with E-state index in [1.165, 1.54) is 63.9 Å². The zero-order valence-electron chi connectivity index (χ0n) is 47.4. The Kier molecular flexibility index (Phi) is 27.0. The van der Waals surface area contributed by atoms with Crippen LogP contribution >= 0.6 is 0 Å². The minimum absolute atomic E-state index is 0.0186. The number of nitrogens with one attached hydrogen (secondary N) is 3. The Hall–Kier alpha value is -5.91. The second kappa shape index (κ2) is 33.5. The molecule has 0 bridgehead atoms. The van der Waals surface area contributed by atoms with Gasteiger partial charge in [-0.25, -0.2) is 4.39 Å². The third-order valence-corrected chi connectivity index (χ3v) is 14.8. The van der Waals surface area contributed by atoms with Crippen LogP contribution in [0.1, 0.15) is 158 Å². The molecule has 78 heavy (non-hydrogen) atoms. The summed E-state index contributed by atoms with van der Waals surface area (Å²) in [5.74, 6) is 0.295. The molecular formula is C61H93FN9O7+. The van der Waals surface area contributed by atoms with E-state index in [0.717, 1.165) is 72.9 Å². The summed E-state index contributed by atoms with van der Waals surface area (Å²) in [6.07, 6.45) is 22.3. The molecule has 8 N–H and O–H groups in total. The second-order valence-corrected chi connectivity index (χ2v) is 22.7. The zero-order chi connectivity index (χ0) is 56.2. The summed E-state index contributed by atoms with van der Waals surface area (Å²) in [5.41, 5.74) is 16.0. The predicted molar refractivity (Wildman–Crippen MR) is 305 cm³/mol. The minimum atomic E-state index is -0.786. The number of carboxylic acid groups (broad SMARTS) is 1. The van der Waals surface area contributed by atoms with E-state index in [1.54, 1.807) is 19.2 Å². The molecule has 5 rings (SSSR count). The van der Waals surface area contributed by atoms with Crippen LogP contribution in [-0.2, 0) is 45.2 Å². The van der Waals surface area contributed by atoms with Gasteiger partial charge in [0.15, 0.2) is 13.1 Å². The van der Waals surface area contributed by atoms with Gasteiger partial charge in [-0.05, 0) is 108 Å². The summed E-state index contributed by atoms with van der Waals surface area (Å²) in [4.78, 5) is 49.0. The van der Waals surface area contributed by atoms with Crippen LogP contribution in [0.15, 0.2) is 66.9 Å². The molecule has 3 amide bonds. The van der Waals surface area contributed by atoms with Gasteiger partial charge in [-0.2, -0.15) is 0 Å². The maximum atomic E-state index is 15.5. The number of amides is 3. The highest BCUT2D eigenvalue weighted by Crippen LogP contribution is 2.45. The molecule has 16 nitrogen and oxygen atoms in total. The lowest BCUT2D eigenvalue weighted by Gasteiger charge is -2.33.